The molecule has 3 rings (SSSR count). The highest BCUT2D eigenvalue weighted by molar-refractivity contribution is 7.99. The standard InChI is InChI=1S/C24H34N6O3S/c1-5-7-13-28(20-21(25)29(12-6-2)23(33)27-22(20)32)19(31)15-34-24-26-17-10-8-9-11-18(17)30(24)14-16(3)4/h8-11,16H,5-7,12-15,25H2,1-4H3,(H,27,32,33). The van der Waals surface area contributed by atoms with Crippen LogP contribution in [0.3, 0.4) is 0 Å². The second-order valence-corrected chi connectivity index (χ2v) is 9.66. The molecule has 10 heteroatoms. The number of imidazole rings is 1. The Hall–Kier alpha value is -3.01. The van der Waals surface area contributed by atoms with E-state index in [1.807, 2.05) is 38.1 Å². The summed E-state index contributed by atoms with van der Waals surface area (Å²) in [7, 11) is 0. The molecule has 1 amide bonds. The Bertz CT molecular complexity index is 1260. The number of thioether (sulfide) groups is 1. The Morgan fingerprint density at radius 3 is 2.59 bits per heavy atom. The number of H-pyrrole nitrogens is 1. The lowest BCUT2D eigenvalue weighted by Crippen LogP contribution is -2.42. The lowest BCUT2D eigenvalue weighted by atomic mass is 10.2. The third kappa shape index (κ3) is 5.55. The molecule has 0 aliphatic heterocycles. The van der Waals surface area contributed by atoms with Crippen molar-refractivity contribution < 1.29 is 4.79 Å². The van der Waals surface area contributed by atoms with Crippen LogP contribution < -0.4 is 21.9 Å². The zero-order valence-electron chi connectivity index (χ0n) is 20.3. The van der Waals surface area contributed by atoms with E-state index in [-0.39, 0.29) is 23.2 Å². The van der Waals surface area contributed by atoms with E-state index in [4.69, 9.17) is 10.7 Å². The smallest absolute Gasteiger partial charge is 0.330 e. The number of benzene rings is 1. The molecule has 0 unspecified atom stereocenters. The van der Waals surface area contributed by atoms with E-state index in [0.717, 1.165) is 29.2 Å². The monoisotopic (exact) mass is 486 g/mol. The van der Waals surface area contributed by atoms with Crippen molar-refractivity contribution in [3.8, 4) is 0 Å². The molecule has 0 aliphatic rings. The Balaban J connectivity index is 1.93. The minimum atomic E-state index is -0.642. The molecule has 0 spiro atoms. The number of nitrogens with two attached hydrogens (primary N) is 1. The van der Waals surface area contributed by atoms with Crippen molar-refractivity contribution in [2.24, 2.45) is 5.92 Å². The Kier molecular flexibility index (Phi) is 8.60. The number of rotatable bonds is 11. The number of hydrogen-bond donors (Lipinski definition) is 2. The Morgan fingerprint density at radius 2 is 1.91 bits per heavy atom. The summed E-state index contributed by atoms with van der Waals surface area (Å²) in [5, 5.41) is 0.761. The number of nitrogens with zero attached hydrogens (tertiary/aromatic N) is 4. The molecule has 2 heterocycles. The first-order valence-electron chi connectivity index (χ1n) is 11.8. The molecule has 0 saturated carbocycles. The zero-order valence-corrected chi connectivity index (χ0v) is 21.2. The van der Waals surface area contributed by atoms with Gasteiger partial charge in [-0.2, -0.15) is 0 Å². The van der Waals surface area contributed by atoms with E-state index < -0.39 is 11.2 Å². The summed E-state index contributed by atoms with van der Waals surface area (Å²) < 4.78 is 3.45. The third-order valence-corrected chi connectivity index (χ3v) is 6.42. The van der Waals surface area contributed by atoms with Crippen molar-refractivity contribution in [2.75, 3.05) is 22.9 Å². The van der Waals surface area contributed by atoms with Crippen LogP contribution >= 0.6 is 11.8 Å². The van der Waals surface area contributed by atoms with Crippen molar-refractivity contribution in [1.29, 1.82) is 0 Å². The molecule has 0 radical (unpaired) electrons. The summed E-state index contributed by atoms with van der Waals surface area (Å²) >= 11 is 1.35. The Morgan fingerprint density at radius 1 is 1.18 bits per heavy atom. The summed E-state index contributed by atoms with van der Waals surface area (Å²) in [4.78, 5) is 46.8. The lowest BCUT2D eigenvalue weighted by molar-refractivity contribution is -0.116. The minimum absolute atomic E-state index is 0.0251. The first kappa shape index (κ1) is 25.6. The maximum atomic E-state index is 13.4. The molecule has 3 aromatic rings. The molecule has 0 aliphatic carbocycles. The van der Waals surface area contributed by atoms with Gasteiger partial charge in [0.25, 0.3) is 5.56 Å². The van der Waals surface area contributed by atoms with Crippen molar-refractivity contribution in [1.82, 2.24) is 19.1 Å². The predicted molar refractivity (Wildman–Crippen MR) is 139 cm³/mol. The van der Waals surface area contributed by atoms with E-state index >= 15 is 0 Å². The number of fused-ring (bicyclic) bond motifs is 1. The maximum Gasteiger partial charge on any atom is 0.330 e. The number of nitrogens with one attached hydrogen (secondary N) is 1. The van der Waals surface area contributed by atoms with Crippen LogP contribution in [-0.2, 0) is 17.9 Å². The van der Waals surface area contributed by atoms with Gasteiger partial charge in [0.15, 0.2) is 10.8 Å². The fourth-order valence-electron chi connectivity index (χ4n) is 3.87. The predicted octanol–water partition coefficient (Wildman–Crippen LogP) is 3.46. The van der Waals surface area contributed by atoms with Gasteiger partial charge >= 0.3 is 5.69 Å². The highest BCUT2D eigenvalue weighted by Gasteiger charge is 2.24. The fourth-order valence-corrected chi connectivity index (χ4v) is 4.77. The van der Waals surface area contributed by atoms with Crippen molar-refractivity contribution in [2.45, 2.75) is 65.2 Å². The second-order valence-electron chi connectivity index (χ2n) is 8.72. The molecule has 184 valence electrons. The third-order valence-electron chi connectivity index (χ3n) is 5.46. The van der Waals surface area contributed by atoms with Crippen LogP contribution in [0.4, 0.5) is 11.5 Å². The molecule has 3 N–H and O–H groups in total. The SMILES string of the molecule is CCCCN(C(=O)CSc1nc2ccccc2n1CC(C)C)c1c(N)n(CCC)c(=O)[nH]c1=O. The zero-order chi connectivity index (χ0) is 24.8. The van der Waals surface area contributed by atoms with Gasteiger partial charge in [-0.3, -0.25) is 19.1 Å². The molecule has 34 heavy (non-hydrogen) atoms. The lowest BCUT2D eigenvalue weighted by Gasteiger charge is -2.24. The van der Waals surface area contributed by atoms with Gasteiger partial charge in [-0.05, 0) is 30.9 Å². The van der Waals surface area contributed by atoms with E-state index in [2.05, 4.69) is 23.4 Å². The van der Waals surface area contributed by atoms with Gasteiger partial charge in [0.2, 0.25) is 5.91 Å². The van der Waals surface area contributed by atoms with Crippen LogP contribution in [0.2, 0.25) is 0 Å². The van der Waals surface area contributed by atoms with Gasteiger partial charge in [-0.15, -0.1) is 0 Å². The van der Waals surface area contributed by atoms with Crippen LogP contribution in [0.15, 0.2) is 39.0 Å². The van der Waals surface area contributed by atoms with Crippen LogP contribution in [0.1, 0.15) is 47.0 Å². The fraction of sp³-hybridized carbons (Fsp3) is 0.500. The van der Waals surface area contributed by atoms with Crippen molar-refractivity contribution in [3.05, 3.63) is 45.1 Å². The topological polar surface area (TPSA) is 119 Å². The van der Waals surface area contributed by atoms with Gasteiger partial charge in [-0.1, -0.05) is 58.0 Å². The second kappa shape index (κ2) is 11.4. The Labute approximate surface area is 203 Å². The molecule has 0 fully saturated rings. The van der Waals surface area contributed by atoms with Crippen LogP contribution in [-0.4, -0.2) is 37.3 Å². The van der Waals surface area contributed by atoms with E-state index in [1.165, 1.54) is 21.2 Å². The van der Waals surface area contributed by atoms with Gasteiger partial charge < -0.3 is 15.2 Å². The molecular formula is C24H34N6O3S. The van der Waals surface area contributed by atoms with Gasteiger partial charge in [-0.25, -0.2) is 9.78 Å². The average molecular weight is 487 g/mol. The van der Waals surface area contributed by atoms with E-state index in [1.54, 1.807) is 0 Å². The first-order chi connectivity index (χ1) is 16.3. The molecule has 2 aromatic heterocycles. The molecule has 9 nitrogen and oxygen atoms in total. The maximum absolute atomic E-state index is 13.4. The molecule has 1 aromatic carbocycles. The minimum Gasteiger partial charge on any atom is -0.383 e. The summed E-state index contributed by atoms with van der Waals surface area (Å²) in [5.41, 5.74) is 7.00. The first-order valence-corrected chi connectivity index (χ1v) is 12.8. The van der Waals surface area contributed by atoms with Gasteiger partial charge in [0.05, 0.1) is 16.8 Å². The summed E-state index contributed by atoms with van der Waals surface area (Å²) in [5.74, 6) is 0.279. The van der Waals surface area contributed by atoms with Crippen LogP contribution in [0, 0.1) is 5.92 Å². The molecular weight excluding hydrogens is 452 g/mol. The number of carbonyl (C=O) groups excluding carboxylic acids is 1. The number of aromatic nitrogens is 4. The van der Waals surface area contributed by atoms with Crippen molar-refractivity contribution in [3.63, 3.8) is 0 Å². The number of para-hydroxylation sites is 2. The summed E-state index contributed by atoms with van der Waals surface area (Å²) in [6.45, 7) is 9.69. The van der Waals surface area contributed by atoms with Gasteiger partial charge in [0, 0.05) is 19.6 Å². The number of carbonyl (C=O) groups is 1. The number of unbranched alkanes of at least 4 members (excludes halogenated alkanes) is 1. The average Bonchev–Trinajstić information content (AvgIpc) is 3.13. The van der Waals surface area contributed by atoms with Crippen molar-refractivity contribution >= 4 is 40.2 Å². The normalized spacial score (nSPS) is 11.4. The van der Waals surface area contributed by atoms with Crippen LogP contribution in [0.5, 0.6) is 0 Å². The number of aromatic amines is 1. The summed E-state index contributed by atoms with van der Waals surface area (Å²) in [6.07, 6.45) is 2.21. The largest absolute Gasteiger partial charge is 0.383 e. The summed E-state index contributed by atoms with van der Waals surface area (Å²) in [6, 6.07) is 7.92. The van der Waals surface area contributed by atoms with Crippen LogP contribution in [0.25, 0.3) is 11.0 Å². The number of hydrogen-bond acceptors (Lipinski definition) is 6. The number of anilines is 2. The molecule has 0 atom stereocenters. The highest BCUT2D eigenvalue weighted by Crippen LogP contribution is 2.26. The molecule has 0 saturated heterocycles. The highest BCUT2D eigenvalue weighted by atomic mass is 32.2. The number of amides is 1. The molecule has 0 bridgehead atoms. The van der Waals surface area contributed by atoms with E-state index in [9.17, 15) is 14.4 Å². The number of nitrogen functional groups attached to an aromatic ring is 1. The van der Waals surface area contributed by atoms with Gasteiger partial charge in [0.1, 0.15) is 5.82 Å². The quantitative estimate of drug-likeness (QED) is 0.401. The van der Waals surface area contributed by atoms with E-state index in [0.29, 0.717) is 31.8 Å².